The van der Waals surface area contributed by atoms with Crippen LogP contribution in [0.15, 0.2) is 53.6 Å². The summed E-state index contributed by atoms with van der Waals surface area (Å²) < 4.78 is 36.3. The fraction of sp³-hybridized carbons (Fsp3) is 0.333. The zero-order chi connectivity index (χ0) is 22.3. The molecule has 9 heteroatoms. The number of hydrazone groups is 1. The van der Waals surface area contributed by atoms with E-state index in [1.807, 2.05) is 19.1 Å². The average Bonchev–Trinajstić information content (AvgIpc) is 2.72. The van der Waals surface area contributed by atoms with E-state index in [-0.39, 0.29) is 0 Å². The molecular formula is C21H27N3O5S. The van der Waals surface area contributed by atoms with Gasteiger partial charge in [-0.05, 0) is 74.9 Å². The third kappa shape index (κ3) is 5.96. The highest BCUT2D eigenvalue weighted by Crippen LogP contribution is 2.24. The molecular weight excluding hydrogens is 406 g/mol. The standard InChI is InChI=1S/C21H27N3O5S/c1-6-29-20-13-9-18(10-14-20)24(30(5,26)27)16(3)21(25)23-22-15(2)17-7-11-19(28-4)12-8-17/h7-14,16H,6H2,1-5H3,(H,23,25)/b22-15-/t16-/m0/s1. The number of anilines is 1. The fourth-order valence-corrected chi connectivity index (χ4v) is 3.97. The molecule has 0 bridgehead atoms. The van der Waals surface area contributed by atoms with Gasteiger partial charge >= 0.3 is 0 Å². The maximum atomic E-state index is 12.6. The van der Waals surface area contributed by atoms with E-state index in [0.717, 1.165) is 16.1 Å². The van der Waals surface area contributed by atoms with Crippen LogP contribution in [0.25, 0.3) is 0 Å². The zero-order valence-corrected chi connectivity index (χ0v) is 18.6. The maximum Gasteiger partial charge on any atom is 0.263 e. The molecule has 0 aromatic heterocycles. The van der Waals surface area contributed by atoms with Crippen molar-refractivity contribution in [3.05, 3.63) is 54.1 Å². The van der Waals surface area contributed by atoms with Crippen LogP contribution in [0, 0.1) is 0 Å². The summed E-state index contributed by atoms with van der Waals surface area (Å²) in [4.78, 5) is 12.6. The molecule has 0 fully saturated rings. The summed E-state index contributed by atoms with van der Waals surface area (Å²) in [7, 11) is -2.14. The van der Waals surface area contributed by atoms with Crippen LogP contribution in [-0.4, -0.2) is 46.1 Å². The van der Waals surface area contributed by atoms with Crippen LogP contribution in [0.1, 0.15) is 26.3 Å². The molecule has 1 N–H and O–H groups in total. The molecule has 1 amide bonds. The van der Waals surface area contributed by atoms with E-state index >= 15 is 0 Å². The van der Waals surface area contributed by atoms with E-state index in [1.165, 1.54) is 6.92 Å². The van der Waals surface area contributed by atoms with Crippen molar-refractivity contribution >= 4 is 27.3 Å². The minimum atomic E-state index is -3.72. The number of carbonyl (C=O) groups excluding carboxylic acids is 1. The summed E-state index contributed by atoms with van der Waals surface area (Å²) >= 11 is 0. The van der Waals surface area contributed by atoms with E-state index in [1.54, 1.807) is 50.4 Å². The Morgan fingerprint density at radius 2 is 1.67 bits per heavy atom. The van der Waals surface area contributed by atoms with Crippen molar-refractivity contribution in [2.24, 2.45) is 5.10 Å². The van der Waals surface area contributed by atoms with Crippen molar-refractivity contribution in [2.45, 2.75) is 26.8 Å². The quantitative estimate of drug-likeness (QED) is 0.484. The number of nitrogens with one attached hydrogen (secondary N) is 1. The minimum absolute atomic E-state index is 0.361. The summed E-state index contributed by atoms with van der Waals surface area (Å²) in [6, 6.07) is 12.7. The lowest BCUT2D eigenvalue weighted by Crippen LogP contribution is -2.46. The third-order valence-corrected chi connectivity index (χ3v) is 5.57. The van der Waals surface area contributed by atoms with Crippen molar-refractivity contribution in [3.63, 3.8) is 0 Å². The summed E-state index contributed by atoms with van der Waals surface area (Å²) in [5, 5.41) is 4.10. The van der Waals surface area contributed by atoms with Crippen LogP contribution in [0.5, 0.6) is 11.5 Å². The Kier molecular flexibility index (Phi) is 7.82. The normalized spacial score (nSPS) is 12.8. The number of amides is 1. The van der Waals surface area contributed by atoms with Gasteiger partial charge in [0.05, 0.1) is 31.4 Å². The molecule has 0 aliphatic carbocycles. The minimum Gasteiger partial charge on any atom is -0.497 e. The van der Waals surface area contributed by atoms with E-state index in [9.17, 15) is 13.2 Å². The topological polar surface area (TPSA) is 97.3 Å². The number of hydrogen-bond acceptors (Lipinski definition) is 6. The molecule has 2 rings (SSSR count). The van der Waals surface area contributed by atoms with Gasteiger partial charge in [0.2, 0.25) is 10.0 Å². The van der Waals surface area contributed by atoms with E-state index < -0.39 is 22.0 Å². The molecule has 0 aliphatic rings. The molecule has 1 atom stereocenters. The van der Waals surface area contributed by atoms with Gasteiger partial charge in [0, 0.05) is 0 Å². The number of hydrogen-bond donors (Lipinski definition) is 1. The fourth-order valence-electron chi connectivity index (χ4n) is 2.79. The van der Waals surface area contributed by atoms with Gasteiger partial charge < -0.3 is 9.47 Å². The average molecular weight is 434 g/mol. The predicted molar refractivity (Wildman–Crippen MR) is 118 cm³/mol. The van der Waals surface area contributed by atoms with Crippen molar-refractivity contribution in [1.82, 2.24) is 5.43 Å². The number of carbonyl (C=O) groups is 1. The van der Waals surface area contributed by atoms with E-state index in [2.05, 4.69) is 10.5 Å². The second-order valence-corrected chi connectivity index (χ2v) is 8.42. The molecule has 0 saturated carbocycles. The predicted octanol–water partition coefficient (Wildman–Crippen LogP) is 2.79. The monoisotopic (exact) mass is 433 g/mol. The van der Waals surface area contributed by atoms with Crippen molar-refractivity contribution < 1.29 is 22.7 Å². The Hall–Kier alpha value is -3.07. The smallest absolute Gasteiger partial charge is 0.263 e. The van der Waals surface area contributed by atoms with E-state index in [0.29, 0.717) is 29.5 Å². The first-order valence-corrected chi connectivity index (χ1v) is 11.2. The summed E-state index contributed by atoms with van der Waals surface area (Å²) in [5.41, 5.74) is 4.19. The Labute approximate surface area is 177 Å². The SMILES string of the molecule is CCOc1ccc(N([C@@H](C)C(=O)N/N=C(/C)c2ccc(OC)cc2)S(C)(=O)=O)cc1. The van der Waals surface area contributed by atoms with Crippen LogP contribution < -0.4 is 19.2 Å². The molecule has 0 aliphatic heterocycles. The van der Waals surface area contributed by atoms with Crippen molar-refractivity contribution in [1.29, 1.82) is 0 Å². The van der Waals surface area contributed by atoms with Gasteiger partial charge in [-0.25, -0.2) is 13.8 Å². The highest BCUT2D eigenvalue weighted by molar-refractivity contribution is 7.92. The van der Waals surface area contributed by atoms with Gasteiger partial charge in [0.15, 0.2) is 0 Å². The molecule has 0 saturated heterocycles. The zero-order valence-electron chi connectivity index (χ0n) is 17.7. The molecule has 2 aromatic carbocycles. The Bertz CT molecular complexity index is 986. The van der Waals surface area contributed by atoms with Gasteiger partial charge in [-0.3, -0.25) is 9.10 Å². The number of nitrogens with zero attached hydrogens (tertiary/aromatic N) is 2. The summed E-state index contributed by atoms with van der Waals surface area (Å²) in [5.74, 6) is 0.775. The molecule has 0 radical (unpaired) electrons. The molecule has 162 valence electrons. The number of rotatable bonds is 9. The molecule has 2 aromatic rings. The maximum absolute atomic E-state index is 12.6. The summed E-state index contributed by atoms with van der Waals surface area (Å²) in [6.07, 6.45) is 1.05. The van der Waals surface area contributed by atoms with Crippen LogP contribution in [0.2, 0.25) is 0 Å². The van der Waals surface area contributed by atoms with Crippen molar-refractivity contribution in [2.75, 3.05) is 24.3 Å². The van der Waals surface area contributed by atoms with Gasteiger partial charge in [0.25, 0.3) is 5.91 Å². The lowest BCUT2D eigenvalue weighted by atomic mass is 10.1. The lowest BCUT2D eigenvalue weighted by Gasteiger charge is -2.27. The highest BCUT2D eigenvalue weighted by Gasteiger charge is 2.29. The lowest BCUT2D eigenvalue weighted by molar-refractivity contribution is -0.121. The van der Waals surface area contributed by atoms with Gasteiger partial charge in [-0.15, -0.1) is 0 Å². The van der Waals surface area contributed by atoms with Gasteiger partial charge in [0.1, 0.15) is 17.5 Å². The van der Waals surface area contributed by atoms with Crippen LogP contribution in [0.3, 0.4) is 0 Å². The Balaban J connectivity index is 2.18. The van der Waals surface area contributed by atoms with Crippen molar-refractivity contribution in [3.8, 4) is 11.5 Å². The third-order valence-electron chi connectivity index (χ3n) is 4.33. The molecule has 0 unspecified atom stereocenters. The second kappa shape index (κ2) is 10.1. The first-order valence-electron chi connectivity index (χ1n) is 9.38. The Morgan fingerprint density at radius 3 is 2.17 bits per heavy atom. The highest BCUT2D eigenvalue weighted by atomic mass is 32.2. The molecule has 0 spiro atoms. The molecule has 8 nitrogen and oxygen atoms in total. The first-order chi connectivity index (χ1) is 14.2. The van der Waals surface area contributed by atoms with Crippen LogP contribution in [-0.2, 0) is 14.8 Å². The largest absolute Gasteiger partial charge is 0.497 e. The molecule has 0 heterocycles. The number of ether oxygens (including phenoxy) is 2. The number of sulfonamides is 1. The molecule has 30 heavy (non-hydrogen) atoms. The first kappa shape index (κ1) is 23.2. The van der Waals surface area contributed by atoms with Gasteiger partial charge in [-0.1, -0.05) is 0 Å². The summed E-state index contributed by atoms with van der Waals surface area (Å²) in [6.45, 7) is 5.61. The van der Waals surface area contributed by atoms with Crippen LogP contribution in [0.4, 0.5) is 5.69 Å². The number of methoxy groups -OCH3 is 1. The second-order valence-electron chi connectivity index (χ2n) is 6.56. The number of benzene rings is 2. The van der Waals surface area contributed by atoms with E-state index in [4.69, 9.17) is 9.47 Å². The van der Waals surface area contributed by atoms with Crippen LogP contribution >= 0.6 is 0 Å². The van der Waals surface area contributed by atoms with Gasteiger partial charge in [-0.2, -0.15) is 5.10 Å². The Morgan fingerprint density at radius 1 is 1.10 bits per heavy atom.